The predicted octanol–water partition coefficient (Wildman–Crippen LogP) is 3.60. The lowest BCUT2D eigenvalue weighted by Gasteiger charge is -2.27. The molecule has 2 unspecified atom stereocenters. The first kappa shape index (κ1) is 12.2. The number of thiazole rings is 1. The Labute approximate surface area is 112 Å². The van der Waals surface area contributed by atoms with E-state index in [1.807, 2.05) is 0 Å². The van der Waals surface area contributed by atoms with E-state index in [4.69, 9.17) is 4.98 Å². The minimum absolute atomic E-state index is 0.563. The lowest BCUT2D eigenvalue weighted by atomic mass is 10.2. The molecule has 1 aromatic heterocycles. The van der Waals surface area contributed by atoms with Gasteiger partial charge < -0.3 is 4.90 Å². The summed E-state index contributed by atoms with van der Waals surface area (Å²) >= 11 is 1.59. The van der Waals surface area contributed by atoms with Crippen molar-refractivity contribution in [1.29, 1.82) is 0 Å². The zero-order valence-corrected chi connectivity index (χ0v) is 11.9. The molecule has 1 aliphatic heterocycles. The molecule has 1 saturated carbocycles. The zero-order valence-electron chi connectivity index (χ0n) is 11.1. The third kappa shape index (κ3) is 1.96. The van der Waals surface area contributed by atoms with E-state index >= 15 is 0 Å². The van der Waals surface area contributed by atoms with Crippen LogP contribution in [0, 0.1) is 0 Å². The SMILES string of the molecule is CCC1CCC(C)N1c1nc(C2CC2)c(C=O)s1. The predicted molar refractivity (Wildman–Crippen MR) is 74.7 cm³/mol. The van der Waals surface area contributed by atoms with E-state index in [-0.39, 0.29) is 0 Å². The lowest BCUT2D eigenvalue weighted by molar-refractivity contribution is 0.112. The summed E-state index contributed by atoms with van der Waals surface area (Å²) in [6, 6.07) is 1.17. The van der Waals surface area contributed by atoms with E-state index in [0.717, 1.165) is 22.0 Å². The summed E-state index contributed by atoms with van der Waals surface area (Å²) in [5.74, 6) is 0.563. The van der Waals surface area contributed by atoms with Crippen molar-refractivity contribution in [3.8, 4) is 0 Å². The standard InChI is InChI=1S/C14H20N2OS/c1-3-11-7-4-9(2)16(11)14-15-13(10-5-6-10)12(8-17)18-14/h8-11H,3-7H2,1-2H3. The Morgan fingerprint density at radius 2 is 2.17 bits per heavy atom. The first-order valence-corrected chi connectivity index (χ1v) is 7.80. The van der Waals surface area contributed by atoms with E-state index in [2.05, 4.69) is 18.7 Å². The van der Waals surface area contributed by atoms with Gasteiger partial charge >= 0.3 is 0 Å². The number of aromatic nitrogens is 1. The fourth-order valence-electron chi connectivity index (χ4n) is 2.99. The van der Waals surface area contributed by atoms with Crippen molar-refractivity contribution < 1.29 is 4.79 Å². The van der Waals surface area contributed by atoms with Crippen LogP contribution in [-0.4, -0.2) is 23.4 Å². The molecule has 3 rings (SSSR count). The first-order valence-electron chi connectivity index (χ1n) is 6.98. The van der Waals surface area contributed by atoms with E-state index in [9.17, 15) is 4.79 Å². The molecule has 0 radical (unpaired) electrons. The summed E-state index contributed by atoms with van der Waals surface area (Å²) in [6.07, 6.45) is 7.07. The number of carbonyl (C=O) groups excluding carboxylic acids is 1. The Balaban J connectivity index is 1.93. The van der Waals surface area contributed by atoms with Gasteiger partial charge in [-0.1, -0.05) is 18.3 Å². The van der Waals surface area contributed by atoms with E-state index in [1.54, 1.807) is 11.3 Å². The molecule has 1 aromatic rings. The number of nitrogens with zero attached hydrogens (tertiary/aromatic N) is 2. The highest BCUT2D eigenvalue weighted by Crippen LogP contribution is 2.45. The molecule has 2 aliphatic rings. The van der Waals surface area contributed by atoms with Gasteiger partial charge in [0.05, 0.1) is 10.6 Å². The van der Waals surface area contributed by atoms with Crippen LogP contribution in [0.15, 0.2) is 0 Å². The summed E-state index contributed by atoms with van der Waals surface area (Å²) in [4.78, 5) is 19.3. The molecule has 2 heterocycles. The highest BCUT2D eigenvalue weighted by atomic mass is 32.1. The fourth-order valence-corrected chi connectivity index (χ4v) is 4.13. The van der Waals surface area contributed by atoms with Gasteiger partial charge in [0.25, 0.3) is 0 Å². The monoisotopic (exact) mass is 264 g/mol. The summed E-state index contributed by atoms with van der Waals surface area (Å²) in [7, 11) is 0. The molecule has 98 valence electrons. The number of carbonyl (C=O) groups is 1. The zero-order chi connectivity index (χ0) is 12.7. The van der Waals surface area contributed by atoms with Crippen molar-refractivity contribution >= 4 is 22.8 Å². The van der Waals surface area contributed by atoms with Crippen LogP contribution >= 0.6 is 11.3 Å². The Hall–Kier alpha value is -0.900. The van der Waals surface area contributed by atoms with Gasteiger partial charge in [-0.05, 0) is 39.0 Å². The molecule has 1 aliphatic carbocycles. The Kier molecular flexibility index (Phi) is 3.14. The van der Waals surface area contributed by atoms with Gasteiger partial charge in [0.2, 0.25) is 0 Å². The smallest absolute Gasteiger partial charge is 0.186 e. The van der Waals surface area contributed by atoms with Crippen LogP contribution in [0.4, 0.5) is 5.13 Å². The average molecular weight is 264 g/mol. The minimum atomic E-state index is 0.563. The quantitative estimate of drug-likeness (QED) is 0.779. The summed E-state index contributed by atoms with van der Waals surface area (Å²) in [5.41, 5.74) is 1.07. The van der Waals surface area contributed by atoms with Crippen LogP contribution < -0.4 is 4.90 Å². The maximum atomic E-state index is 11.2. The van der Waals surface area contributed by atoms with Crippen molar-refractivity contribution in [3.05, 3.63) is 10.6 Å². The van der Waals surface area contributed by atoms with Crippen molar-refractivity contribution in [2.24, 2.45) is 0 Å². The second-order valence-corrected chi connectivity index (χ2v) is 6.54. The molecule has 1 saturated heterocycles. The highest BCUT2D eigenvalue weighted by Gasteiger charge is 2.35. The highest BCUT2D eigenvalue weighted by molar-refractivity contribution is 7.17. The topological polar surface area (TPSA) is 33.2 Å². The lowest BCUT2D eigenvalue weighted by Crippen LogP contribution is -2.33. The molecule has 0 amide bonds. The molecule has 0 bridgehead atoms. The van der Waals surface area contributed by atoms with Crippen molar-refractivity contribution in [1.82, 2.24) is 4.98 Å². The second-order valence-electron chi connectivity index (χ2n) is 5.53. The molecule has 4 heteroatoms. The van der Waals surface area contributed by atoms with E-state index in [1.165, 1.54) is 32.1 Å². The third-order valence-electron chi connectivity index (χ3n) is 4.22. The summed E-state index contributed by atoms with van der Waals surface area (Å²) in [6.45, 7) is 4.51. The molecule has 2 fully saturated rings. The Morgan fingerprint density at radius 3 is 2.78 bits per heavy atom. The fraction of sp³-hybridized carbons (Fsp3) is 0.714. The maximum Gasteiger partial charge on any atom is 0.186 e. The Bertz CT molecular complexity index is 453. The van der Waals surface area contributed by atoms with Crippen LogP contribution in [0.3, 0.4) is 0 Å². The van der Waals surface area contributed by atoms with Gasteiger partial charge in [-0.3, -0.25) is 4.79 Å². The van der Waals surface area contributed by atoms with Gasteiger partial charge in [-0.2, -0.15) is 0 Å². The van der Waals surface area contributed by atoms with Gasteiger partial charge in [-0.15, -0.1) is 0 Å². The van der Waals surface area contributed by atoms with Gasteiger partial charge in [0.15, 0.2) is 11.4 Å². The first-order chi connectivity index (χ1) is 8.74. The van der Waals surface area contributed by atoms with E-state index in [0.29, 0.717) is 18.0 Å². The largest absolute Gasteiger partial charge is 0.342 e. The second kappa shape index (κ2) is 4.65. The molecular formula is C14H20N2OS. The molecule has 18 heavy (non-hydrogen) atoms. The number of rotatable bonds is 4. The number of hydrogen-bond donors (Lipinski definition) is 0. The number of anilines is 1. The van der Waals surface area contributed by atoms with Crippen LogP contribution in [-0.2, 0) is 0 Å². The number of aldehydes is 1. The van der Waals surface area contributed by atoms with Crippen molar-refractivity contribution in [2.75, 3.05) is 4.90 Å². The normalized spacial score (nSPS) is 27.8. The van der Waals surface area contributed by atoms with Gasteiger partial charge in [-0.25, -0.2) is 4.98 Å². The maximum absolute atomic E-state index is 11.2. The molecule has 0 N–H and O–H groups in total. The molecule has 0 spiro atoms. The van der Waals surface area contributed by atoms with Gasteiger partial charge in [0, 0.05) is 18.0 Å². The van der Waals surface area contributed by atoms with Gasteiger partial charge in [0.1, 0.15) is 0 Å². The van der Waals surface area contributed by atoms with Crippen LogP contribution in [0.2, 0.25) is 0 Å². The van der Waals surface area contributed by atoms with Crippen molar-refractivity contribution in [2.45, 2.75) is 64.0 Å². The average Bonchev–Trinajstić information content (AvgIpc) is 3.03. The van der Waals surface area contributed by atoms with Crippen LogP contribution in [0.1, 0.15) is 67.2 Å². The number of hydrogen-bond acceptors (Lipinski definition) is 4. The van der Waals surface area contributed by atoms with Crippen LogP contribution in [0.5, 0.6) is 0 Å². The summed E-state index contributed by atoms with van der Waals surface area (Å²) < 4.78 is 0. The van der Waals surface area contributed by atoms with Crippen LogP contribution in [0.25, 0.3) is 0 Å². The summed E-state index contributed by atoms with van der Waals surface area (Å²) in [5, 5.41) is 1.08. The third-order valence-corrected chi connectivity index (χ3v) is 5.23. The van der Waals surface area contributed by atoms with Crippen molar-refractivity contribution in [3.63, 3.8) is 0 Å². The molecule has 3 nitrogen and oxygen atoms in total. The van der Waals surface area contributed by atoms with E-state index < -0.39 is 0 Å². The Morgan fingerprint density at radius 1 is 1.39 bits per heavy atom. The minimum Gasteiger partial charge on any atom is -0.342 e. The molecular weight excluding hydrogens is 244 g/mol. The molecule has 2 atom stereocenters. The molecule has 0 aromatic carbocycles.